The molecule has 0 saturated heterocycles. The number of aliphatic hydroxyl groups excluding tert-OH is 2. The maximum Gasteiger partial charge on any atom is 0.0849 e. The molecule has 3 aliphatic rings. The Morgan fingerprint density at radius 3 is 2.73 bits per heavy atom. The van der Waals surface area contributed by atoms with E-state index in [1.54, 1.807) is 0 Å². The van der Waals surface area contributed by atoms with Gasteiger partial charge in [0.2, 0.25) is 0 Å². The maximum absolute atomic E-state index is 10.6. The van der Waals surface area contributed by atoms with Gasteiger partial charge in [-0.15, -0.1) is 0 Å². The summed E-state index contributed by atoms with van der Waals surface area (Å²) in [6.45, 7) is 2.17. The first-order valence-electron chi connectivity index (χ1n) is 14.7. The van der Waals surface area contributed by atoms with E-state index >= 15 is 0 Å². The molecule has 3 nitrogen and oxygen atoms in total. The molecule has 0 spiro atoms. The van der Waals surface area contributed by atoms with E-state index in [9.17, 15) is 15.3 Å². The third-order valence-corrected chi connectivity index (χ3v) is 8.29. The molecule has 3 heteroatoms. The van der Waals surface area contributed by atoms with Crippen molar-refractivity contribution < 1.29 is 23.5 Å². The summed E-state index contributed by atoms with van der Waals surface area (Å²) in [4.78, 5) is 0. The molecule has 6 atom stereocenters. The van der Waals surface area contributed by atoms with Crippen molar-refractivity contribution in [2.24, 2.45) is 23.2 Å². The summed E-state index contributed by atoms with van der Waals surface area (Å²) in [6.07, 6.45) is 10.2. The quantitative estimate of drug-likeness (QED) is 0.514. The fourth-order valence-electron chi connectivity index (χ4n) is 6.44. The van der Waals surface area contributed by atoms with Crippen molar-refractivity contribution in [3.05, 3.63) is 35.5 Å². The lowest BCUT2D eigenvalue weighted by Crippen LogP contribution is -2.38. The fourth-order valence-corrected chi connectivity index (χ4v) is 6.44. The van der Waals surface area contributed by atoms with Crippen LogP contribution in [0.4, 0.5) is 0 Å². The Morgan fingerprint density at radius 1 is 1.23 bits per heavy atom. The Labute approximate surface area is 192 Å². The largest absolute Gasteiger partial charge is 0.393 e. The lowest BCUT2D eigenvalue weighted by molar-refractivity contribution is -0.0554. The molecule has 0 aromatic rings. The van der Waals surface area contributed by atoms with Gasteiger partial charge in [-0.25, -0.2) is 0 Å². The summed E-state index contributed by atoms with van der Waals surface area (Å²) < 4.78 is 45.4. The number of hydrogen-bond donors (Lipinski definition) is 3. The van der Waals surface area contributed by atoms with Gasteiger partial charge in [-0.1, -0.05) is 43.7 Å². The topological polar surface area (TPSA) is 60.7 Å². The molecule has 0 unspecified atom stereocenters. The number of aliphatic hydroxyl groups is 3. The van der Waals surface area contributed by atoms with Gasteiger partial charge in [0.05, 0.1) is 17.8 Å². The second-order valence-electron chi connectivity index (χ2n) is 10.4. The minimum absolute atomic E-state index is 0.0784. The number of rotatable bonds is 6. The van der Waals surface area contributed by atoms with E-state index in [4.69, 9.17) is 8.22 Å². The van der Waals surface area contributed by atoms with Gasteiger partial charge >= 0.3 is 0 Å². The third-order valence-electron chi connectivity index (χ3n) is 8.29. The van der Waals surface area contributed by atoms with E-state index in [1.165, 1.54) is 5.57 Å². The van der Waals surface area contributed by atoms with E-state index in [-0.39, 0.29) is 23.9 Å². The SMILES string of the molecule is [2H]C([2H])([2H])C(O)([C@H](O)CC[C@@H](C)[C@H]1CC[C@H]2/C(=C/C=C3/C[C@H](O)CCC3=C)CCC[C@]12C)C([2H])([2H])[2H]. The van der Waals surface area contributed by atoms with Gasteiger partial charge in [-0.2, -0.15) is 0 Å². The highest BCUT2D eigenvalue weighted by Crippen LogP contribution is 2.60. The highest BCUT2D eigenvalue weighted by atomic mass is 16.3. The molecule has 0 aromatic heterocycles. The molecule has 3 N–H and O–H groups in total. The van der Waals surface area contributed by atoms with Crippen LogP contribution in [0.3, 0.4) is 0 Å². The third kappa shape index (κ3) is 5.11. The summed E-state index contributed by atoms with van der Waals surface area (Å²) >= 11 is 0. The van der Waals surface area contributed by atoms with Crippen molar-refractivity contribution in [3.8, 4) is 0 Å². The highest BCUT2D eigenvalue weighted by molar-refractivity contribution is 5.36. The summed E-state index contributed by atoms with van der Waals surface area (Å²) in [5, 5.41) is 31.2. The molecule has 0 amide bonds. The van der Waals surface area contributed by atoms with Crippen molar-refractivity contribution in [2.45, 2.75) is 110 Å². The summed E-state index contributed by atoms with van der Waals surface area (Å²) in [7, 11) is 0. The zero-order chi connectivity index (χ0) is 27.1. The molecular formula is C27H44O3. The van der Waals surface area contributed by atoms with Gasteiger partial charge in [0.1, 0.15) is 0 Å². The lowest BCUT2D eigenvalue weighted by Gasteiger charge is -2.44. The lowest BCUT2D eigenvalue weighted by atomic mass is 9.60. The van der Waals surface area contributed by atoms with Crippen LogP contribution in [0.1, 0.15) is 100.0 Å². The zero-order valence-corrected chi connectivity index (χ0v) is 18.7. The number of fused-ring (bicyclic) bond motifs is 1. The summed E-state index contributed by atoms with van der Waals surface area (Å²) in [5.74, 6) is 0.966. The van der Waals surface area contributed by atoms with Crippen molar-refractivity contribution in [1.82, 2.24) is 0 Å². The first-order valence-corrected chi connectivity index (χ1v) is 11.7. The van der Waals surface area contributed by atoms with E-state index in [0.717, 1.165) is 56.1 Å². The van der Waals surface area contributed by atoms with Gasteiger partial charge in [0.15, 0.2) is 0 Å². The Morgan fingerprint density at radius 2 is 2.00 bits per heavy atom. The van der Waals surface area contributed by atoms with Crippen LogP contribution in [0, 0.1) is 23.2 Å². The molecule has 3 rings (SSSR count). The minimum atomic E-state index is -3.22. The van der Waals surface area contributed by atoms with Crippen molar-refractivity contribution >= 4 is 0 Å². The van der Waals surface area contributed by atoms with Crippen LogP contribution >= 0.6 is 0 Å². The smallest absolute Gasteiger partial charge is 0.0849 e. The molecule has 3 aliphatic carbocycles. The van der Waals surface area contributed by atoms with Crippen LogP contribution in [0.5, 0.6) is 0 Å². The molecule has 3 saturated carbocycles. The monoisotopic (exact) mass is 422 g/mol. The van der Waals surface area contributed by atoms with Crippen molar-refractivity contribution in [3.63, 3.8) is 0 Å². The maximum atomic E-state index is 10.6. The Hall–Kier alpha value is -0.900. The van der Waals surface area contributed by atoms with Crippen LogP contribution in [0.2, 0.25) is 0 Å². The zero-order valence-electron chi connectivity index (χ0n) is 24.7. The van der Waals surface area contributed by atoms with Gasteiger partial charge in [-0.05, 0) is 107 Å². The van der Waals surface area contributed by atoms with Crippen LogP contribution in [-0.4, -0.2) is 33.1 Å². The molecule has 3 fully saturated rings. The predicted molar refractivity (Wildman–Crippen MR) is 124 cm³/mol. The molecule has 0 heterocycles. The first-order chi connectivity index (χ1) is 16.5. The summed E-state index contributed by atoms with van der Waals surface area (Å²) in [5.41, 5.74) is 0.633. The Bertz CT molecular complexity index is 860. The first kappa shape index (κ1) is 16.7. The standard InChI is InChI=1S/C27H44O3/c1-18-8-12-22(28)17-21(18)11-10-20-7-6-16-27(5)23(13-14-24(20)27)19(2)9-15-25(29)26(3,4)30/h10-11,19,22-25,28-30H,1,6-9,12-17H2,2-5H3/b20-10+,21-11-/t19-,22-,23-,24+,25-,27-/m1/s1/i3D3,4D3. The van der Waals surface area contributed by atoms with Crippen LogP contribution < -0.4 is 0 Å². The molecule has 30 heavy (non-hydrogen) atoms. The van der Waals surface area contributed by atoms with Crippen LogP contribution in [-0.2, 0) is 0 Å². The van der Waals surface area contributed by atoms with Gasteiger partial charge in [0, 0.05) is 8.22 Å². The fraction of sp³-hybridized carbons (Fsp3) is 0.778. The van der Waals surface area contributed by atoms with Crippen molar-refractivity contribution in [2.75, 3.05) is 0 Å². The summed E-state index contributed by atoms with van der Waals surface area (Å²) in [6, 6.07) is 0. The number of allylic oxidation sites excluding steroid dienone is 4. The molecule has 0 aliphatic heterocycles. The average molecular weight is 423 g/mol. The minimum Gasteiger partial charge on any atom is -0.393 e. The highest BCUT2D eigenvalue weighted by Gasteiger charge is 2.50. The number of hydrogen-bond acceptors (Lipinski definition) is 3. The second kappa shape index (κ2) is 9.30. The molecule has 0 radical (unpaired) electrons. The molecule has 0 bridgehead atoms. The van der Waals surface area contributed by atoms with Gasteiger partial charge in [0.25, 0.3) is 0 Å². The average Bonchev–Trinajstić information content (AvgIpc) is 3.13. The molecule has 0 aromatic carbocycles. The van der Waals surface area contributed by atoms with E-state index in [0.29, 0.717) is 24.7 Å². The van der Waals surface area contributed by atoms with Gasteiger partial charge < -0.3 is 15.3 Å². The Balaban J connectivity index is 1.71. The van der Waals surface area contributed by atoms with E-state index < -0.39 is 25.4 Å². The van der Waals surface area contributed by atoms with Crippen molar-refractivity contribution in [1.29, 1.82) is 0 Å². The van der Waals surface area contributed by atoms with E-state index in [1.807, 2.05) is 0 Å². The predicted octanol–water partition coefficient (Wildman–Crippen LogP) is 5.70. The van der Waals surface area contributed by atoms with Crippen LogP contribution in [0.25, 0.3) is 0 Å². The molecule has 170 valence electrons. The second-order valence-corrected chi connectivity index (χ2v) is 10.4. The Kier molecular flexibility index (Phi) is 5.18. The van der Waals surface area contributed by atoms with E-state index in [2.05, 4.69) is 32.6 Å². The van der Waals surface area contributed by atoms with Crippen LogP contribution in [0.15, 0.2) is 35.5 Å². The normalized spacial score (nSPS) is 41.2. The molecular weight excluding hydrogens is 372 g/mol. The van der Waals surface area contributed by atoms with Gasteiger partial charge in [-0.3, -0.25) is 0 Å².